The van der Waals surface area contributed by atoms with Gasteiger partial charge in [0, 0.05) is 30.2 Å². The fourth-order valence-electron chi connectivity index (χ4n) is 2.87. The van der Waals surface area contributed by atoms with Crippen molar-refractivity contribution in [2.75, 3.05) is 27.2 Å². The second-order valence-electron chi connectivity index (χ2n) is 6.48. The first-order valence-electron chi connectivity index (χ1n) is 8.88. The van der Waals surface area contributed by atoms with E-state index in [1.165, 1.54) is 0 Å². The molecule has 2 aromatic heterocycles. The van der Waals surface area contributed by atoms with Crippen molar-refractivity contribution in [3.05, 3.63) is 42.6 Å². The van der Waals surface area contributed by atoms with Crippen LogP contribution in [0.1, 0.15) is 19.8 Å². The van der Waals surface area contributed by atoms with Crippen LogP contribution >= 0.6 is 0 Å². The van der Waals surface area contributed by atoms with Crippen molar-refractivity contribution in [1.82, 2.24) is 19.7 Å². The third kappa shape index (κ3) is 4.17. The van der Waals surface area contributed by atoms with Crippen molar-refractivity contribution < 1.29 is 4.74 Å². The molecule has 0 atom stereocenters. The van der Waals surface area contributed by atoms with Gasteiger partial charge in [0.1, 0.15) is 11.4 Å². The summed E-state index contributed by atoms with van der Waals surface area (Å²) in [5.74, 6) is 0.901. The molecule has 0 radical (unpaired) electrons. The third-order valence-corrected chi connectivity index (χ3v) is 4.09. The van der Waals surface area contributed by atoms with Crippen LogP contribution in [0.15, 0.2) is 42.6 Å². The maximum absolute atomic E-state index is 5.81. The molecule has 5 heteroatoms. The lowest BCUT2D eigenvalue weighted by Crippen LogP contribution is -2.15. The maximum Gasteiger partial charge on any atom is 0.158 e. The van der Waals surface area contributed by atoms with Crippen molar-refractivity contribution in [2.45, 2.75) is 26.3 Å². The highest BCUT2D eigenvalue weighted by Gasteiger charge is 2.12. The van der Waals surface area contributed by atoms with Gasteiger partial charge in [-0.25, -0.2) is 9.67 Å². The number of aromatic nitrogens is 3. The molecule has 2 heterocycles. The zero-order valence-corrected chi connectivity index (χ0v) is 15.3. The van der Waals surface area contributed by atoms with Crippen LogP contribution in [0.4, 0.5) is 0 Å². The third-order valence-electron chi connectivity index (χ3n) is 4.09. The Bertz CT molecular complexity index is 808. The SMILES string of the molecule is CCCn1nc(-c2ccc(OCCCN(C)C)cc2)c2cccnc21. The number of nitrogens with zero attached hydrogens (tertiary/aromatic N) is 4. The van der Waals surface area contributed by atoms with E-state index >= 15 is 0 Å². The lowest BCUT2D eigenvalue weighted by atomic mass is 10.1. The van der Waals surface area contributed by atoms with Crippen molar-refractivity contribution in [1.29, 1.82) is 0 Å². The minimum Gasteiger partial charge on any atom is -0.494 e. The lowest BCUT2D eigenvalue weighted by Gasteiger charge is -2.10. The van der Waals surface area contributed by atoms with E-state index in [1.54, 1.807) is 0 Å². The predicted octanol–water partition coefficient (Wildman–Crippen LogP) is 3.84. The largest absolute Gasteiger partial charge is 0.494 e. The van der Waals surface area contributed by atoms with E-state index in [0.717, 1.165) is 60.6 Å². The highest BCUT2D eigenvalue weighted by molar-refractivity contribution is 5.91. The predicted molar refractivity (Wildman–Crippen MR) is 102 cm³/mol. The molecule has 3 aromatic rings. The summed E-state index contributed by atoms with van der Waals surface area (Å²) in [5, 5.41) is 5.87. The second-order valence-corrected chi connectivity index (χ2v) is 6.48. The van der Waals surface area contributed by atoms with E-state index in [9.17, 15) is 0 Å². The number of fused-ring (bicyclic) bond motifs is 1. The molecule has 0 aliphatic heterocycles. The summed E-state index contributed by atoms with van der Waals surface area (Å²) in [7, 11) is 4.15. The Morgan fingerprint density at radius 1 is 1.12 bits per heavy atom. The van der Waals surface area contributed by atoms with Crippen LogP contribution in [0.2, 0.25) is 0 Å². The normalized spacial score (nSPS) is 11.4. The standard InChI is InChI=1S/C20H26N4O/c1-4-13-24-20-18(7-5-12-21-20)19(22-24)16-8-10-17(11-9-16)25-15-6-14-23(2)3/h5,7-12H,4,6,13-15H2,1-3H3. The molecule has 0 unspecified atom stereocenters. The van der Waals surface area contributed by atoms with E-state index in [2.05, 4.69) is 49.1 Å². The topological polar surface area (TPSA) is 43.2 Å². The molecule has 25 heavy (non-hydrogen) atoms. The maximum atomic E-state index is 5.81. The van der Waals surface area contributed by atoms with E-state index in [0.29, 0.717) is 0 Å². The molecule has 0 saturated carbocycles. The first-order chi connectivity index (χ1) is 12.2. The molecule has 0 bridgehead atoms. The van der Waals surface area contributed by atoms with E-state index in [1.807, 2.05) is 29.1 Å². The fraction of sp³-hybridized carbons (Fsp3) is 0.400. The van der Waals surface area contributed by atoms with Crippen molar-refractivity contribution >= 4 is 11.0 Å². The molecule has 1 aromatic carbocycles. The fourth-order valence-corrected chi connectivity index (χ4v) is 2.87. The van der Waals surface area contributed by atoms with Gasteiger partial charge in [-0.05, 0) is 63.3 Å². The van der Waals surface area contributed by atoms with Crippen LogP contribution in [0.5, 0.6) is 5.75 Å². The Hall–Kier alpha value is -2.40. The summed E-state index contributed by atoms with van der Waals surface area (Å²) in [6.45, 7) is 4.79. The highest BCUT2D eigenvalue weighted by atomic mass is 16.5. The van der Waals surface area contributed by atoms with E-state index in [4.69, 9.17) is 9.84 Å². The van der Waals surface area contributed by atoms with Gasteiger partial charge in [0.2, 0.25) is 0 Å². The number of hydrogen-bond donors (Lipinski definition) is 0. The van der Waals surface area contributed by atoms with Crippen molar-refractivity contribution in [3.8, 4) is 17.0 Å². The summed E-state index contributed by atoms with van der Waals surface area (Å²) in [4.78, 5) is 6.66. The monoisotopic (exact) mass is 338 g/mol. The Labute approximate surface area is 149 Å². The molecule has 0 aliphatic carbocycles. The van der Waals surface area contributed by atoms with Crippen LogP contribution in [-0.2, 0) is 6.54 Å². The van der Waals surface area contributed by atoms with Gasteiger partial charge in [0.25, 0.3) is 0 Å². The summed E-state index contributed by atoms with van der Waals surface area (Å²) in [6.07, 6.45) is 3.88. The molecular weight excluding hydrogens is 312 g/mol. The second kappa shape index (κ2) is 8.12. The Kier molecular flexibility index (Phi) is 5.66. The molecule has 0 amide bonds. The van der Waals surface area contributed by atoms with Gasteiger partial charge < -0.3 is 9.64 Å². The van der Waals surface area contributed by atoms with E-state index in [-0.39, 0.29) is 0 Å². The van der Waals surface area contributed by atoms with Gasteiger partial charge in [-0.15, -0.1) is 0 Å². The molecule has 0 spiro atoms. The summed E-state index contributed by atoms with van der Waals surface area (Å²) in [5.41, 5.74) is 3.02. The quantitative estimate of drug-likeness (QED) is 0.585. The molecule has 0 saturated heterocycles. The molecule has 3 rings (SSSR count). The molecular formula is C20H26N4O. The number of ether oxygens (including phenoxy) is 1. The number of hydrogen-bond acceptors (Lipinski definition) is 4. The molecule has 0 aliphatic rings. The summed E-state index contributed by atoms with van der Waals surface area (Å²) < 4.78 is 7.81. The average molecular weight is 338 g/mol. The zero-order valence-electron chi connectivity index (χ0n) is 15.3. The smallest absolute Gasteiger partial charge is 0.158 e. The van der Waals surface area contributed by atoms with Gasteiger partial charge in [-0.1, -0.05) is 6.92 Å². The zero-order chi connectivity index (χ0) is 17.6. The number of rotatable bonds is 8. The molecule has 5 nitrogen and oxygen atoms in total. The van der Waals surface area contributed by atoms with Crippen LogP contribution < -0.4 is 4.74 Å². The number of benzene rings is 1. The Morgan fingerprint density at radius 3 is 2.64 bits per heavy atom. The number of aryl methyl sites for hydroxylation is 1. The van der Waals surface area contributed by atoms with Crippen LogP contribution in [0, 0.1) is 0 Å². The van der Waals surface area contributed by atoms with Crippen molar-refractivity contribution in [3.63, 3.8) is 0 Å². The van der Waals surface area contributed by atoms with Crippen LogP contribution in [0.3, 0.4) is 0 Å². The van der Waals surface area contributed by atoms with Gasteiger partial charge in [0.15, 0.2) is 5.65 Å². The first-order valence-corrected chi connectivity index (χ1v) is 8.88. The summed E-state index contributed by atoms with van der Waals surface area (Å²) >= 11 is 0. The highest BCUT2D eigenvalue weighted by Crippen LogP contribution is 2.28. The van der Waals surface area contributed by atoms with Gasteiger partial charge >= 0.3 is 0 Å². The van der Waals surface area contributed by atoms with Gasteiger partial charge in [-0.3, -0.25) is 0 Å². The van der Waals surface area contributed by atoms with Gasteiger partial charge in [-0.2, -0.15) is 5.10 Å². The molecule has 132 valence electrons. The minimum absolute atomic E-state index is 0.732. The van der Waals surface area contributed by atoms with Crippen molar-refractivity contribution in [2.24, 2.45) is 0 Å². The van der Waals surface area contributed by atoms with Crippen LogP contribution in [-0.4, -0.2) is 46.9 Å². The molecule has 0 N–H and O–H groups in total. The Morgan fingerprint density at radius 2 is 1.92 bits per heavy atom. The minimum atomic E-state index is 0.732. The van der Waals surface area contributed by atoms with E-state index < -0.39 is 0 Å². The molecule has 0 fully saturated rings. The number of pyridine rings is 1. The summed E-state index contributed by atoms with van der Waals surface area (Å²) in [6, 6.07) is 12.2. The first kappa shape index (κ1) is 17.4. The average Bonchev–Trinajstić information content (AvgIpc) is 2.98. The van der Waals surface area contributed by atoms with Crippen LogP contribution in [0.25, 0.3) is 22.3 Å². The Balaban J connectivity index is 1.77. The van der Waals surface area contributed by atoms with Gasteiger partial charge in [0.05, 0.1) is 6.61 Å². The lowest BCUT2D eigenvalue weighted by molar-refractivity contribution is 0.281.